The normalized spacial score (nSPS) is 14.3. The number of para-hydroxylation sites is 1. The van der Waals surface area contributed by atoms with E-state index in [1.54, 1.807) is 12.1 Å². The van der Waals surface area contributed by atoms with E-state index in [-0.39, 0.29) is 10.6 Å². The van der Waals surface area contributed by atoms with Crippen molar-refractivity contribution in [1.82, 2.24) is 4.90 Å². The number of nitro benzene ring substituents is 1. The summed E-state index contributed by atoms with van der Waals surface area (Å²) < 4.78 is 5.59. The molecular formula is C25H25N3O3. The molecule has 1 heterocycles. The minimum absolute atomic E-state index is 0.100. The largest absolute Gasteiger partial charge is 0.378 e. The van der Waals surface area contributed by atoms with Gasteiger partial charge in [-0.05, 0) is 29.3 Å². The third kappa shape index (κ3) is 5.29. The molecule has 158 valence electrons. The standard InChI is InChI=1S/C25H25N3O3/c29-28(30)24-13-11-22(12-14-24)20-27(23-9-5-2-6-10-23)25(26-15-17-31-18-16-26)19-21-7-3-1-4-8-21/h1-14,19H,15-18,20H2/b25-19+. The third-order valence-corrected chi connectivity index (χ3v) is 5.26. The first-order valence-corrected chi connectivity index (χ1v) is 10.4. The first kappa shape index (κ1) is 20.6. The number of hydrogen-bond acceptors (Lipinski definition) is 5. The molecule has 0 amide bonds. The summed E-state index contributed by atoms with van der Waals surface area (Å²) in [6.07, 6.45) is 2.20. The average molecular weight is 415 g/mol. The van der Waals surface area contributed by atoms with Crippen molar-refractivity contribution in [2.75, 3.05) is 31.2 Å². The van der Waals surface area contributed by atoms with Gasteiger partial charge in [-0.2, -0.15) is 0 Å². The van der Waals surface area contributed by atoms with Crippen molar-refractivity contribution in [3.8, 4) is 0 Å². The number of anilines is 1. The number of ether oxygens (including phenoxy) is 1. The molecular weight excluding hydrogens is 390 g/mol. The Morgan fingerprint density at radius 3 is 2.16 bits per heavy atom. The van der Waals surface area contributed by atoms with Gasteiger partial charge < -0.3 is 14.5 Å². The molecule has 0 atom stereocenters. The molecule has 4 rings (SSSR count). The second-order valence-electron chi connectivity index (χ2n) is 7.36. The topological polar surface area (TPSA) is 58.9 Å². The fourth-order valence-corrected chi connectivity index (χ4v) is 3.65. The van der Waals surface area contributed by atoms with Gasteiger partial charge in [0, 0.05) is 37.5 Å². The van der Waals surface area contributed by atoms with Gasteiger partial charge in [-0.25, -0.2) is 0 Å². The number of rotatable bonds is 7. The Morgan fingerprint density at radius 2 is 1.55 bits per heavy atom. The van der Waals surface area contributed by atoms with Crippen LogP contribution in [0.25, 0.3) is 6.08 Å². The molecule has 31 heavy (non-hydrogen) atoms. The van der Waals surface area contributed by atoms with Crippen LogP contribution >= 0.6 is 0 Å². The summed E-state index contributed by atoms with van der Waals surface area (Å²) in [6, 6.07) is 27.3. The number of non-ortho nitro benzene ring substituents is 1. The van der Waals surface area contributed by atoms with Crippen LogP contribution in [0.3, 0.4) is 0 Å². The zero-order valence-corrected chi connectivity index (χ0v) is 17.3. The van der Waals surface area contributed by atoms with E-state index in [4.69, 9.17) is 4.74 Å². The van der Waals surface area contributed by atoms with E-state index in [1.165, 1.54) is 0 Å². The van der Waals surface area contributed by atoms with Gasteiger partial charge in [0.2, 0.25) is 0 Å². The van der Waals surface area contributed by atoms with Crippen molar-refractivity contribution in [2.24, 2.45) is 0 Å². The molecule has 1 aliphatic heterocycles. The SMILES string of the molecule is O=[N+]([O-])c1ccc(CN(/C(=C/c2ccccc2)N2CCOCC2)c2ccccc2)cc1. The molecule has 6 nitrogen and oxygen atoms in total. The number of benzene rings is 3. The van der Waals surface area contributed by atoms with Gasteiger partial charge in [0.25, 0.3) is 5.69 Å². The predicted molar refractivity (Wildman–Crippen MR) is 123 cm³/mol. The maximum Gasteiger partial charge on any atom is 0.269 e. The summed E-state index contributed by atoms with van der Waals surface area (Å²) in [5.41, 5.74) is 3.29. The fourth-order valence-electron chi connectivity index (χ4n) is 3.65. The zero-order chi connectivity index (χ0) is 21.5. The summed E-state index contributed by atoms with van der Waals surface area (Å²) in [7, 11) is 0. The third-order valence-electron chi connectivity index (χ3n) is 5.26. The number of morpholine rings is 1. The number of nitro groups is 1. The maximum atomic E-state index is 11.0. The molecule has 0 saturated carbocycles. The van der Waals surface area contributed by atoms with Gasteiger partial charge in [-0.1, -0.05) is 60.7 Å². The lowest BCUT2D eigenvalue weighted by atomic mass is 10.1. The van der Waals surface area contributed by atoms with Crippen LogP contribution < -0.4 is 4.90 Å². The van der Waals surface area contributed by atoms with Crippen molar-refractivity contribution >= 4 is 17.5 Å². The van der Waals surface area contributed by atoms with Gasteiger partial charge in [0.15, 0.2) is 0 Å². The molecule has 1 fully saturated rings. The van der Waals surface area contributed by atoms with E-state index < -0.39 is 0 Å². The highest BCUT2D eigenvalue weighted by atomic mass is 16.6. The van der Waals surface area contributed by atoms with Crippen molar-refractivity contribution < 1.29 is 9.66 Å². The molecule has 3 aromatic carbocycles. The van der Waals surface area contributed by atoms with Crippen molar-refractivity contribution in [3.63, 3.8) is 0 Å². The highest BCUT2D eigenvalue weighted by Gasteiger charge is 2.21. The lowest BCUT2D eigenvalue weighted by Gasteiger charge is -2.38. The molecule has 0 radical (unpaired) electrons. The number of hydrogen-bond donors (Lipinski definition) is 0. The Labute approximate surface area is 182 Å². The maximum absolute atomic E-state index is 11.0. The van der Waals surface area contributed by atoms with Crippen LogP contribution in [0.1, 0.15) is 11.1 Å². The van der Waals surface area contributed by atoms with Crippen LogP contribution in [0.5, 0.6) is 0 Å². The van der Waals surface area contributed by atoms with Gasteiger partial charge >= 0.3 is 0 Å². The molecule has 1 saturated heterocycles. The highest BCUT2D eigenvalue weighted by Crippen LogP contribution is 2.27. The first-order valence-electron chi connectivity index (χ1n) is 10.4. The van der Waals surface area contributed by atoms with Gasteiger partial charge in [-0.15, -0.1) is 0 Å². The molecule has 1 aliphatic rings. The Bertz CT molecular complexity index is 1010. The monoisotopic (exact) mass is 415 g/mol. The van der Waals surface area contributed by atoms with Crippen LogP contribution in [0, 0.1) is 10.1 Å². The van der Waals surface area contributed by atoms with Crippen LogP contribution in [-0.4, -0.2) is 36.1 Å². The summed E-state index contributed by atoms with van der Waals surface area (Å²) in [5.74, 6) is 1.08. The second kappa shape index (κ2) is 9.91. The summed E-state index contributed by atoms with van der Waals surface area (Å²) in [6.45, 7) is 3.58. The van der Waals surface area contributed by atoms with Gasteiger partial charge in [0.1, 0.15) is 5.82 Å². The first-order chi connectivity index (χ1) is 15.2. The van der Waals surface area contributed by atoms with E-state index in [9.17, 15) is 10.1 Å². The van der Waals surface area contributed by atoms with Crippen molar-refractivity contribution in [3.05, 3.63) is 112 Å². The molecule has 6 heteroatoms. The minimum atomic E-state index is -0.368. The number of nitrogens with zero attached hydrogens (tertiary/aromatic N) is 3. The van der Waals surface area contributed by atoms with E-state index in [0.717, 1.165) is 35.7 Å². The van der Waals surface area contributed by atoms with Crippen molar-refractivity contribution in [2.45, 2.75) is 6.54 Å². The van der Waals surface area contributed by atoms with E-state index in [2.05, 4.69) is 40.1 Å². The van der Waals surface area contributed by atoms with Crippen LogP contribution in [-0.2, 0) is 11.3 Å². The van der Waals surface area contributed by atoms with Gasteiger partial charge in [-0.3, -0.25) is 10.1 Å². The summed E-state index contributed by atoms with van der Waals surface area (Å²) in [4.78, 5) is 15.3. The molecule has 0 spiro atoms. The van der Waals surface area contributed by atoms with Gasteiger partial charge in [0.05, 0.1) is 18.1 Å². The fraction of sp³-hybridized carbons (Fsp3) is 0.200. The molecule has 0 aliphatic carbocycles. The summed E-state index contributed by atoms with van der Waals surface area (Å²) in [5, 5.41) is 11.0. The molecule has 3 aromatic rings. The Morgan fingerprint density at radius 1 is 0.935 bits per heavy atom. The highest BCUT2D eigenvalue weighted by molar-refractivity contribution is 5.62. The average Bonchev–Trinajstić information content (AvgIpc) is 2.83. The molecule has 0 aromatic heterocycles. The van der Waals surface area contributed by atoms with E-state index in [0.29, 0.717) is 19.8 Å². The smallest absolute Gasteiger partial charge is 0.269 e. The van der Waals surface area contributed by atoms with Crippen LogP contribution in [0.2, 0.25) is 0 Å². The van der Waals surface area contributed by atoms with Crippen molar-refractivity contribution in [1.29, 1.82) is 0 Å². The quantitative estimate of drug-likeness (QED) is 0.404. The van der Waals surface area contributed by atoms with Crippen LogP contribution in [0.15, 0.2) is 90.8 Å². The minimum Gasteiger partial charge on any atom is -0.378 e. The zero-order valence-electron chi connectivity index (χ0n) is 17.3. The van der Waals surface area contributed by atoms with E-state index >= 15 is 0 Å². The molecule has 0 N–H and O–H groups in total. The lowest BCUT2D eigenvalue weighted by molar-refractivity contribution is -0.384. The molecule has 0 bridgehead atoms. The Hall–Kier alpha value is -3.64. The Balaban J connectivity index is 1.74. The predicted octanol–water partition coefficient (Wildman–Crippen LogP) is 4.93. The van der Waals surface area contributed by atoms with E-state index in [1.807, 2.05) is 48.5 Å². The Kier molecular flexibility index (Phi) is 6.59. The second-order valence-corrected chi connectivity index (χ2v) is 7.36. The lowest BCUT2D eigenvalue weighted by Crippen LogP contribution is -2.42. The van der Waals surface area contributed by atoms with Crippen LogP contribution in [0.4, 0.5) is 11.4 Å². The summed E-state index contributed by atoms with van der Waals surface area (Å²) >= 11 is 0. The molecule has 0 unspecified atom stereocenters.